The minimum Gasteiger partial charge on any atom is -0.489 e. The van der Waals surface area contributed by atoms with E-state index in [9.17, 15) is 8.78 Å². The molecular formula is C14H13BF2O3. The van der Waals surface area contributed by atoms with Crippen molar-refractivity contribution >= 4 is 12.6 Å². The summed E-state index contributed by atoms with van der Waals surface area (Å²) in [6.45, 7) is 1.82. The van der Waals surface area contributed by atoms with Crippen LogP contribution in [0.15, 0.2) is 36.4 Å². The quantitative estimate of drug-likeness (QED) is 0.834. The molecule has 6 heteroatoms. The van der Waals surface area contributed by atoms with Gasteiger partial charge in [0.15, 0.2) is 0 Å². The van der Waals surface area contributed by atoms with E-state index in [1.807, 2.05) is 0 Å². The highest BCUT2D eigenvalue weighted by atomic mass is 19.1. The van der Waals surface area contributed by atoms with Crippen LogP contribution >= 0.6 is 0 Å². The first-order valence-electron chi connectivity index (χ1n) is 6.01. The summed E-state index contributed by atoms with van der Waals surface area (Å²) >= 11 is 0. The first kappa shape index (κ1) is 14.5. The monoisotopic (exact) mass is 278 g/mol. The van der Waals surface area contributed by atoms with Gasteiger partial charge >= 0.3 is 7.12 Å². The Kier molecular flexibility index (Phi) is 4.37. The summed E-state index contributed by atoms with van der Waals surface area (Å²) in [5.74, 6) is -0.789. The topological polar surface area (TPSA) is 49.7 Å². The number of hydrogen-bond acceptors (Lipinski definition) is 3. The number of ether oxygens (including phenoxy) is 1. The second kappa shape index (κ2) is 6.03. The molecule has 0 spiro atoms. The minimum atomic E-state index is -1.86. The van der Waals surface area contributed by atoms with Crippen LogP contribution in [-0.2, 0) is 6.61 Å². The average molecular weight is 278 g/mol. The van der Waals surface area contributed by atoms with Crippen LogP contribution in [0.4, 0.5) is 8.78 Å². The predicted molar refractivity (Wildman–Crippen MR) is 71.7 cm³/mol. The molecule has 0 aliphatic carbocycles. The molecule has 2 aromatic rings. The van der Waals surface area contributed by atoms with Crippen LogP contribution in [0.5, 0.6) is 5.75 Å². The molecule has 2 N–H and O–H groups in total. The third kappa shape index (κ3) is 3.34. The maximum Gasteiger partial charge on any atom is 0.491 e. The van der Waals surface area contributed by atoms with E-state index in [0.717, 1.165) is 11.6 Å². The second-order valence-corrected chi connectivity index (χ2v) is 4.43. The van der Waals surface area contributed by atoms with Gasteiger partial charge in [-0.3, -0.25) is 0 Å². The molecule has 0 aliphatic heterocycles. The molecule has 0 aliphatic rings. The first-order chi connectivity index (χ1) is 9.47. The third-order valence-electron chi connectivity index (χ3n) is 2.88. The zero-order valence-corrected chi connectivity index (χ0v) is 10.8. The number of halogens is 2. The Morgan fingerprint density at radius 1 is 1.05 bits per heavy atom. The molecule has 3 nitrogen and oxygen atoms in total. The highest BCUT2D eigenvalue weighted by Gasteiger charge is 2.16. The Morgan fingerprint density at radius 3 is 2.40 bits per heavy atom. The maximum absolute atomic E-state index is 13.5. The van der Waals surface area contributed by atoms with Gasteiger partial charge in [-0.15, -0.1) is 0 Å². The summed E-state index contributed by atoms with van der Waals surface area (Å²) in [7, 11) is -1.86. The Labute approximate surface area is 115 Å². The molecule has 0 saturated carbocycles. The van der Waals surface area contributed by atoms with Crippen molar-refractivity contribution in [3.8, 4) is 5.75 Å². The van der Waals surface area contributed by atoms with E-state index in [1.54, 1.807) is 19.1 Å². The lowest BCUT2D eigenvalue weighted by atomic mass is 9.80. The van der Waals surface area contributed by atoms with Gasteiger partial charge in [0.1, 0.15) is 24.0 Å². The van der Waals surface area contributed by atoms with Crippen molar-refractivity contribution in [2.45, 2.75) is 13.5 Å². The summed E-state index contributed by atoms with van der Waals surface area (Å²) in [4.78, 5) is 0. The van der Waals surface area contributed by atoms with Gasteiger partial charge in [-0.2, -0.15) is 0 Å². The van der Waals surface area contributed by atoms with Crippen LogP contribution in [0.2, 0.25) is 0 Å². The molecule has 0 amide bonds. The highest BCUT2D eigenvalue weighted by molar-refractivity contribution is 6.58. The van der Waals surface area contributed by atoms with Gasteiger partial charge in [0.2, 0.25) is 0 Å². The molecule has 104 valence electrons. The third-order valence-corrected chi connectivity index (χ3v) is 2.88. The Bertz CT molecular complexity index is 617. The lowest BCUT2D eigenvalue weighted by molar-refractivity contribution is 0.304. The van der Waals surface area contributed by atoms with Crippen LogP contribution in [0.1, 0.15) is 11.1 Å². The number of benzene rings is 2. The molecule has 20 heavy (non-hydrogen) atoms. The molecule has 0 fully saturated rings. The van der Waals surface area contributed by atoms with E-state index < -0.39 is 12.9 Å². The lowest BCUT2D eigenvalue weighted by Crippen LogP contribution is -2.32. The molecule has 2 rings (SSSR count). The van der Waals surface area contributed by atoms with E-state index in [2.05, 4.69) is 0 Å². The summed E-state index contributed by atoms with van der Waals surface area (Å²) in [6, 6.07) is 8.34. The van der Waals surface area contributed by atoms with Crippen molar-refractivity contribution in [3.05, 3.63) is 59.2 Å². The van der Waals surface area contributed by atoms with Crippen molar-refractivity contribution in [1.29, 1.82) is 0 Å². The average Bonchev–Trinajstić information content (AvgIpc) is 2.40. The lowest BCUT2D eigenvalue weighted by Gasteiger charge is -2.09. The Morgan fingerprint density at radius 2 is 1.80 bits per heavy atom. The SMILES string of the molecule is Cc1cc(COc2ccc(B(O)O)c(F)c2)ccc1F. The van der Waals surface area contributed by atoms with Crippen LogP contribution in [0, 0.1) is 18.6 Å². The zero-order chi connectivity index (χ0) is 14.7. The largest absolute Gasteiger partial charge is 0.491 e. The molecule has 0 saturated heterocycles. The van der Waals surface area contributed by atoms with E-state index in [4.69, 9.17) is 14.8 Å². The van der Waals surface area contributed by atoms with Gasteiger partial charge in [-0.25, -0.2) is 8.78 Å². The Balaban J connectivity index is 2.07. The fourth-order valence-corrected chi connectivity index (χ4v) is 1.77. The number of hydrogen-bond donors (Lipinski definition) is 2. The van der Waals surface area contributed by atoms with Crippen molar-refractivity contribution in [2.24, 2.45) is 0 Å². The second-order valence-electron chi connectivity index (χ2n) is 4.43. The van der Waals surface area contributed by atoms with Gasteiger partial charge in [0.05, 0.1) is 0 Å². The fourth-order valence-electron chi connectivity index (χ4n) is 1.77. The predicted octanol–water partition coefficient (Wildman–Crippen LogP) is 1.53. The molecule has 0 aromatic heterocycles. The fraction of sp³-hybridized carbons (Fsp3) is 0.143. The standard InChI is InChI=1S/C14H13BF2O3/c1-9-6-10(2-5-13(9)16)8-20-11-3-4-12(15(18)19)14(17)7-11/h2-7,18-19H,8H2,1H3. The first-order valence-corrected chi connectivity index (χ1v) is 6.01. The summed E-state index contributed by atoms with van der Waals surface area (Å²) in [5, 5.41) is 17.8. The molecule has 0 bridgehead atoms. The van der Waals surface area contributed by atoms with Gasteiger partial charge < -0.3 is 14.8 Å². The maximum atomic E-state index is 13.5. The minimum absolute atomic E-state index is 0.168. The zero-order valence-electron chi connectivity index (χ0n) is 10.8. The van der Waals surface area contributed by atoms with E-state index in [1.165, 1.54) is 18.2 Å². The summed E-state index contributed by atoms with van der Waals surface area (Å²) in [6.07, 6.45) is 0. The Hall–Kier alpha value is -1.92. The van der Waals surface area contributed by atoms with Crippen molar-refractivity contribution in [2.75, 3.05) is 0 Å². The van der Waals surface area contributed by atoms with Gasteiger partial charge in [-0.1, -0.05) is 12.1 Å². The van der Waals surface area contributed by atoms with Crippen LogP contribution in [0.3, 0.4) is 0 Å². The highest BCUT2D eigenvalue weighted by Crippen LogP contribution is 2.15. The van der Waals surface area contributed by atoms with Crippen molar-refractivity contribution < 1.29 is 23.6 Å². The van der Waals surface area contributed by atoms with Crippen LogP contribution < -0.4 is 10.2 Å². The summed E-state index contributed by atoms with van der Waals surface area (Å²) < 4.78 is 32.0. The van der Waals surface area contributed by atoms with Crippen molar-refractivity contribution in [1.82, 2.24) is 0 Å². The molecule has 0 atom stereocenters. The van der Waals surface area contributed by atoms with Crippen molar-refractivity contribution in [3.63, 3.8) is 0 Å². The smallest absolute Gasteiger partial charge is 0.489 e. The summed E-state index contributed by atoms with van der Waals surface area (Å²) in [5.41, 5.74) is 1.06. The normalized spacial score (nSPS) is 10.4. The molecule has 0 radical (unpaired) electrons. The molecule has 0 unspecified atom stereocenters. The number of aryl methyl sites for hydroxylation is 1. The van der Waals surface area contributed by atoms with Gasteiger partial charge in [0.25, 0.3) is 0 Å². The van der Waals surface area contributed by atoms with Gasteiger partial charge in [-0.05, 0) is 36.2 Å². The van der Waals surface area contributed by atoms with Crippen LogP contribution in [0.25, 0.3) is 0 Å². The van der Waals surface area contributed by atoms with E-state index >= 15 is 0 Å². The van der Waals surface area contributed by atoms with E-state index in [-0.39, 0.29) is 23.6 Å². The molecule has 0 heterocycles. The van der Waals surface area contributed by atoms with E-state index in [0.29, 0.717) is 5.56 Å². The van der Waals surface area contributed by atoms with Crippen LogP contribution in [-0.4, -0.2) is 17.2 Å². The molecular weight excluding hydrogens is 265 g/mol. The molecule has 2 aromatic carbocycles. The van der Waals surface area contributed by atoms with Gasteiger partial charge in [0, 0.05) is 11.5 Å². The number of rotatable bonds is 4.